The van der Waals surface area contributed by atoms with Crippen molar-refractivity contribution in [3.63, 3.8) is 0 Å². The van der Waals surface area contributed by atoms with Crippen LogP contribution in [0.25, 0.3) is 15.9 Å². The van der Waals surface area contributed by atoms with Crippen LogP contribution in [0.3, 0.4) is 0 Å². The van der Waals surface area contributed by atoms with Crippen molar-refractivity contribution in [1.29, 1.82) is 0 Å². The Bertz CT molecular complexity index is 1090. The van der Waals surface area contributed by atoms with Gasteiger partial charge in [0.1, 0.15) is 11.3 Å². The molecule has 0 atom stereocenters. The number of ether oxygens (including phenoxy) is 2. The third-order valence-electron chi connectivity index (χ3n) is 4.03. The monoisotopic (exact) mass is 368 g/mol. The Balaban J connectivity index is 1.70. The number of nitrogens with zero attached hydrogens (tertiary/aromatic N) is 3. The number of pyridine rings is 1. The number of thiazole rings is 1. The van der Waals surface area contributed by atoms with Crippen LogP contribution in [0.1, 0.15) is 16.2 Å². The second-order valence-corrected chi connectivity index (χ2v) is 6.65. The first-order valence-electron chi connectivity index (χ1n) is 7.88. The first-order valence-corrected chi connectivity index (χ1v) is 8.70. The lowest BCUT2D eigenvalue weighted by Crippen LogP contribution is -2.15. The van der Waals surface area contributed by atoms with Gasteiger partial charge in [-0.2, -0.15) is 0 Å². The fourth-order valence-corrected chi connectivity index (χ4v) is 3.72. The number of nitrogens with one attached hydrogen (secondary N) is 1. The summed E-state index contributed by atoms with van der Waals surface area (Å²) in [5.41, 5.74) is 2.62. The summed E-state index contributed by atoms with van der Waals surface area (Å²) in [5, 5.41) is 3.37. The fourth-order valence-electron chi connectivity index (χ4n) is 2.85. The van der Waals surface area contributed by atoms with E-state index in [9.17, 15) is 4.79 Å². The third-order valence-corrected chi connectivity index (χ3v) is 4.97. The number of rotatable bonds is 4. The highest BCUT2D eigenvalue weighted by Crippen LogP contribution is 2.36. The van der Waals surface area contributed by atoms with E-state index in [2.05, 4.69) is 15.3 Å². The molecule has 0 bridgehead atoms. The average molecular weight is 368 g/mol. The van der Waals surface area contributed by atoms with E-state index < -0.39 is 0 Å². The first-order chi connectivity index (χ1) is 12.6. The first kappa shape index (κ1) is 16.3. The van der Waals surface area contributed by atoms with E-state index in [-0.39, 0.29) is 5.91 Å². The smallest absolute Gasteiger partial charge is 0.276 e. The largest absolute Gasteiger partial charge is 0.493 e. The summed E-state index contributed by atoms with van der Waals surface area (Å²) in [6, 6.07) is 9.25. The Labute approximate surface area is 153 Å². The summed E-state index contributed by atoms with van der Waals surface area (Å²) in [5.74, 6) is 0.971. The van der Waals surface area contributed by atoms with Gasteiger partial charge in [0.05, 0.1) is 30.1 Å². The molecule has 8 heteroatoms. The van der Waals surface area contributed by atoms with Gasteiger partial charge in [-0.05, 0) is 19.1 Å². The molecule has 3 aromatic heterocycles. The maximum absolute atomic E-state index is 12.8. The van der Waals surface area contributed by atoms with Gasteiger partial charge in [0.25, 0.3) is 5.91 Å². The van der Waals surface area contributed by atoms with Gasteiger partial charge in [-0.1, -0.05) is 17.4 Å². The third kappa shape index (κ3) is 2.64. The molecule has 0 aliphatic carbocycles. The number of carbonyl (C=O) groups excluding carboxylic acids is 1. The molecular formula is C18H16N4O3S. The predicted molar refractivity (Wildman–Crippen MR) is 101 cm³/mol. The molecule has 0 radical (unpaired) electrons. The SMILES string of the molecule is COc1cc2nc(NC(=O)c3c(C)nc4ccccn34)sc2cc1OC. The molecule has 7 nitrogen and oxygen atoms in total. The van der Waals surface area contributed by atoms with E-state index in [1.807, 2.05) is 37.4 Å². The van der Waals surface area contributed by atoms with Gasteiger partial charge in [0, 0.05) is 18.3 Å². The van der Waals surface area contributed by atoms with Crippen molar-refractivity contribution in [1.82, 2.24) is 14.4 Å². The number of imidazole rings is 1. The molecule has 1 aromatic carbocycles. The van der Waals surface area contributed by atoms with Gasteiger partial charge >= 0.3 is 0 Å². The number of carbonyl (C=O) groups is 1. The Morgan fingerprint density at radius 3 is 2.69 bits per heavy atom. The molecule has 0 aliphatic rings. The number of aryl methyl sites for hydroxylation is 1. The minimum Gasteiger partial charge on any atom is -0.493 e. The van der Waals surface area contributed by atoms with E-state index in [0.717, 1.165) is 15.9 Å². The number of amides is 1. The number of aromatic nitrogens is 3. The molecule has 0 spiro atoms. The molecule has 0 unspecified atom stereocenters. The number of anilines is 1. The van der Waals surface area contributed by atoms with Gasteiger partial charge < -0.3 is 9.47 Å². The molecule has 4 aromatic rings. The van der Waals surface area contributed by atoms with Gasteiger partial charge in [0.15, 0.2) is 16.6 Å². The zero-order valence-corrected chi connectivity index (χ0v) is 15.3. The van der Waals surface area contributed by atoms with Crippen molar-refractivity contribution < 1.29 is 14.3 Å². The van der Waals surface area contributed by atoms with Crippen molar-refractivity contribution in [3.05, 3.63) is 47.9 Å². The van der Waals surface area contributed by atoms with E-state index in [1.54, 1.807) is 24.7 Å². The highest BCUT2D eigenvalue weighted by atomic mass is 32.1. The molecule has 0 saturated carbocycles. The van der Waals surface area contributed by atoms with Gasteiger partial charge in [0.2, 0.25) is 0 Å². The maximum Gasteiger partial charge on any atom is 0.276 e. The van der Waals surface area contributed by atoms with Crippen molar-refractivity contribution >= 4 is 38.2 Å². The van der Waals surface area contributed by atoms with Crippen LogP contribution in [0, 0.1) is 6.92 Å². The zero-order valence-electron chi connectivity index (χ0n) is 14.4. The normalized spacial score (nSPS) is 11.0. The van der Waals surface area contributed by atoms with Crippen LogP contribution in [0.5, 0.6) is 11.5 Å². The maximum atomic E-state index is 12.8. The molecule has 3 heterocycles. The second kappa shape index (κ2) is 6.30. The molecule has 0 fully saturated rings. The molecule has 0 saturated heterocycles. The number of fused-ring (bicyclic) bond motifs is 2. The summed E-state index contributed by atoms with van der Waals surface area (Å²) in [6.07, 6.45) is 1.82. The Morgan fingerprint density at radius 1 is 1.15 bits per heavy atom. The molecule has 1 N–H and O–H groups in total. The van der Waals surface area contributed by atoms with Crippen molar-refractivity contribution in [2.45, 2.75) is 6.92 Å². The molecule has 132 valence electrons. The van der Waals surface area contributed by atoms with Crippen LogP contribution in [0.15, 0.2) is 36.5 Å². The van der Waals surface area contributed by atoms with Crippen molar-refractivity contribution in [2.24, 2.45) is 0 Å². The fraction of sp³-hybridized carbons (Fsp3) is 0.167. The summed E-state index contributed by atoms with van der Waals surface area (Å²) >= 11 is 1.37. The lowest BCUT2D eigenvalue weighted by molar-refractivity contribution is 0.102. The van der Waals surface area contributed by atoms with E-state index in [1.165, 1.54) is 11.3 Å². The predicted octanol–water partition coefficient (Wildman–Crippen LogP) is 3.52. The number of hydrogen-bond acceptors (Lipinski definition) is 6. The Kier molecular flexibility index (Phi) is 3.96. The van der Waals surface area contributed by atoms with E-state index in [4.69, 9.17) is 9.47 Å². The van der Waals surface area contributed by atoms with Gasteiger partial charge in [-0.3, -0.25) is 14.5 Å². The minimum absolute atomic E-state index is 0.251. The second-order valence-electron chi connectivity index (χ2n) is 5.62. The Morgan fingerprint density at radius 2 is 1.92 bits per heavy atom. The van der Waals surface area contributed by atoms with E-state index >= 15 is 0 Å². The molecule has 1 amide bonds. The standard InChI is InChI=1S/C18H16N4O3S/c1-10-16(22-7-5-4-6-15(22)19-10)17(23)21-18-20-11-8-12(24-2)13(25-3)9-14(11)26-18/h4-9H,1-3H3,(H,20,21,23). The topological polar surface area (TPSA) is 77.8 Å². The van der Waals surface area contributed by atoms with Crippen LogP contribution in [-0.2, 0) is 0 Å². The van der Waals surface area contributed by atoms with Gasteiger partial charge in [-0.15, -0.1) is 0 Å². The van der Waals surface area contributed by atoms with Crippen LogP contribution >= 0.6 is 11.3 Å². The summed E-state index contributed by atoms with van der Waals surface area (Å²) in [7, 11) is 3.16. The molecule has 4 rings (SSSR count). The highest BCUT2D eigenvalue weighted by molar-refractivity contribution is 7.22. The lowest BCUT2D eigenvalue weighted by atomic mass is 10.3. The number of benzene rings is 1. The van der Waals surface area contributed by atoms with Crippen LogP contribution in [-0.4, -0.2) is 34.5 Å². The average Bonchev–Trinajstić information content (AvgIpc) is 3.18. The van der Waals surface area contributed by atoms with Gasteiger partial charge in [-0.25, -0.2) is 9.97 Å². The van der Waals surface area contributed by atoms with Crippen LogP contribution < -0.4 is 14.8 Å². The lowest BCUT2D eigenvalue weighted by Gasteiger charge is -2.05. The summed E-state index contributed by atoms with van der Waals surface area (Å²) < 4.78 is 13.3. The quantitative estimate of drug-likeness (QED) is 0.596. The van der Waals surface area contributed by atoms with E-state index in [0.29, 0.717) is 28.0 Å². The van der Waals surface area contributed by atoms with Crippen LogP contribution in [0.2, 0.25) is 0 Å². The Hall–Kier alpha value is -3.13. The molecule has 26 heavy (non-hydrogen) atoms. The summed E-state index contributed by atoms with van der Waals surface area (Å²) in [6.45, 7) is 1.82. The van der Waals surface area contributed by atoms with Crippen molar-refractivity contribution in [2.75, 3.05) is 19.5 Å². The molecule has 0 aliphatic heterocycles. The minimum atomic E-state index is -0.251. The summed E-state index contributed by atoms with van der Waals surface area (Å²) in [4.78, 5) is 21.7. The highest BCUT2D eigenvalue weighted by Gasteiger charge is 2.18. The van der Waals surface area contributed by atoms with Crippen molar-refractivity contribution in [3.8, 4) is 11.5 Å². The zero-order chi connectivity index (χ0) is 18.3. The van der Waals surface area contributed by atoms with Crippen LogP contribution in [0.4, 0.5) is 5.13 Å². The molecular weight excluding hydrogens is 352 g/mol. The number of methoxy groups -OCH3 is 2. The number of hydrogen-bond donors (Lipinski definition) is 1.